The molecule has 1 heterocycles. The van der Waals surface area contributed by atoms with Crippen molar-refractivity contribution in [3.63, 3.8) is 0 Å². The van der Waals surface area contributed by atoms with E-state index in [2.05, 4.69) is 24.1 Å². The van der Waals surface area contributed by atoms with E-state index in [0.29, 0.717) is 5.69 Å². The Morgan fingerprint density at radius 1 is 1.61 bits per heavy atom. The number of carbonyl (C=O) groups excluding carboxylic acids is 1. The average Bonchev–Trinajstić information content (AvgIpc) is 2.83. The molecule has 6 heteroatoms. The Hall–Kier alpha value is -0.750. The molecule has 0 aliphatic rings. The largest absolute Gasteiger partial charge is 0.362 e. The third-order valence-corrected chi connectivity index (χ3v) is 4.52. The number of rotatable bonds is 7. The van der Waals surface area contributed by atoms with Crippen LogP contribution in [0.3, 0.4) is 0 Å². The minimum absolute atomic E-state index is 0.000365. The number of anilines is 1. The topological polar surface area (TPSA) is 45.2 Å². The van der Waals surface area contributed by atoms with Gasteiger partial charge in [-0.1, -0.05) is 6.92 Å². The molecule has 1 N–H and O–H groups in total. The van der Waals surface area contributed by atoms with Crippen molar-refractivity contribution in [3.8, 4) is 0 Å². The number of thiazole rings is 1. The molecule has 0 aliphatic carbocycles. The lowest BCUT2D eigenvalue weighted by Crippen LogP contribution is -2.36. The fourth-order valence-electron chi connectivity index (χ4n) is 1.39. The van der Waals surface area contributed by atoms with Crippen LogP contribution in [0, 0.1) is 0 Å². The molecule has 1 amide bonds. The van der Waals surface area contributed by atoms with Crippen LogP contribution in [0.2, 0.25) is 0 Å². The zero-order chi connectivity index (χ0) is 13.5. The first-order chi connectivity index (χ1) is 8.60. The summed E-state index contributed by atoms with van der Waals surface area (Å²) < 4.78 is 0. The van der Waals surface area contributed by atoms with E-state index in [1.54, 1.807) is 4.90 Å². The maximum Gasteiger partial charge on any atom is 0.273 e. The van der Waals surface area contributed by atoms with Crippen LogP contribution in [0.1, 0.15) is 31.3 Å². The van der Waals surface area contributed by atoms with E-state index in [9.17, 15) is 4.79 Å². The van der Waals surface area contributed by atoms with E-state index in [0.717, 1.165) is 23.2 Å². The normalized spacial score (nSPS) is 12.2. The zero-order valence-corrected chi connectivity index (χ0v) is 13.0. The van der Waals surface area contributed by atoms with Gasteiger partial charge in [0.05, 0.1) is 0 Å². The summed E-state index contributed by atoms with van der Waals surface area (Å²) in [6.07, 6.45) is 0. The minimum Gasteiger partial charge on any atom is -0.362 e. The van der Waals surface area contributed by atoms with Crippen LogP contribution in [0.15, 0.2) is 5.38 Å². The molecule has 0 bridgehead atoms. The van der Waals surface area contributed by atoms with E-state index in [-0.39, 0.29) is 11.9 Å². The second kappa shape index (κ2) is 7.63. The number of nitrogens with zero attached hydrogens (tertiary/aromatic N) is 2. The van der Waals surface area contributed by atoms with Crippen LogP contribution in [0.4, 0.5) is 5.13 Å². The number of hydrogen-bond acceptors (Lipinski definition) is 5. The summed E-state index contributed by atoms with van der Waals surface area (Å²) in [5.41, 5.74) is 0.534. The quantitative estimate of drug-likeness (QED) is 0.837. The number of nitrogens with one attached hydrogen (secondary N) is 1. The van der Waals surface area contributed by atoms with E-state index in [1.165, 1.54) is 11.3 Å². The molecule has 0 aromatic carbocycles. The molecular weight excluding hydrogens is 266 g/mol. The SMILES string of the molecule is CCNc1nc(C(=O)N(C)[C@@H](C)CSCC)cs1. The van der Waals surface area contributed by atoms with Crippen molar-refractivity contribution in [2.75, 3.05) is 30.4 Å². The van der Waals surface area contributed by atoms with Crippen molar-refractivity contribution in [1.29, 1.82) is 0 Å². The third kappa shape index (κ3) is 4.17. The van der Waals surface area contributed by atoms with Crippen LogP contribution < -0.4 is 5.32 Å². The first-order valence-corrected chi connectivity index (χ1v) is 8.17. The van der Waals surface area contributed by atoms with Crippen molar-refractivity contribution in [1.82, 2.24) is 9.88 Å². The lowest BCUT2D eigenvalue weighted by atomic mass is 10.3. The Balaban J connectivity index is 2.61. The summed E-state index contributed by atoms with van der Waals surface area (Å²) in [6.45, 7) is 7.03. The van der Waals surface area contributed by atoms with Gasteiger partial charge in [0.1, 0.15) is 5.69 Å². The Morgan fingerprint density at radius 2 is 2.33 bits per heavy atom. The first kappa shape index (κ1) is 15.3. The third-order valence-electron chi connectivity index (χ3n) is 2.60. The van der Waals surface area contributed by atoms with E-state index >= 15 is 0 Å². The highest BCUT2D eigenvalue weighted by atomic mass is 32.2. The Morgan fingerprint density at radius 3 is 2.94 bits per heavy atom. The summed E-state index contributed by atoms with van der Waals surface area (Å²) in [7, 11) is 1.84. The highest BCUT2D eigenvalue weighted by Gasteiger charge is 2.19. The van der Waals surface area contributed by atoms with Gasteiger partial charge in [0, 0.05) is 30.8 Å². The molecular formula is C12H21N3OS2. The number of hydrogen-bond donors (Lipinski definition) is 1. The van der Waals surface area contributed by atoms with Crippen molar-refractivity contribution >= 4 is 34.1 Å². The number of amides is 1. The monoisotopic (exact) mass is 287 g/mol. The molecule has 0 saturated carbocycles. The zero-order valence-electron chi connectivity index (χ0n) is 11.4. The summed E-state index contributed by atoms with van der Waals surface area (Å²) in [6, 6.07) is 0.228. The van der Waals surface area contributed by atoms with Crippen molar-refractivity contribution in [2.45, 2.75) is 26.8 Å². The molecule has 1 rings (SSSR count). The fraction of sp³-hybridized carbons (Fsp3) is 0.667. The summed E-state index contributed by atoms with van der Waals surface area (Å²) in [4.78, 5) is 18.3. The number of aromatic nitrogens is 1. The second-order valence-corrected chi connectivity index (χ2v) is 6.17. The van der Waals surface area contributed by atoms with Crippen molar-refractivity contribution in [3.05, 3.63) is 11.1 Å². The second-order valence-electron chi connectivity index (χ2n) is 3.99. The minimum atomic E-state index is -0.000365. The van der Waals surface area contributed by atoms with Crippen LogP contribution in [0.25, 0.3) is 0 Å². The Bertz CT molecular complexity index is 381. The molecule has 1 aromatic rings. The van der Waals surface area contributed by atoms with E-state index < -0.39 is 0 Å². The van der Waals surface area contributed by atoms with E-state index in [1.807, 2.05) is 31.1 Å². The first-order valence-electron chi connectivity index (χ1n) is 6.14. The number of carbonyl (C=O) groups is 1. The predicted molar refractivity (Wildman–Crippen MR) is 80.8 cm³/mol. The van der Waals surface area contributed by atoms with Crippen LogP contribution in [-0.2, 0) is 0 Å². The molecule has 0 spiro atoms. The van der Waals surface area contributed by atoms with Gasteiger partial charge in [-0.25, -0.2) is 4.98 Å². The van der Waals surface area contributed by atoms with Gasteiger partial charge in [-0.3, -0.25) is 4.79 Å². The van der Waals surface area contributed by atoms with E-state index in [4.69, 9.17) is 0 Å². The highest BCUT2D eigenvalue weighted by Crippen LogP contribution is 2.17. The van der Waals surface area contributed by atoms with Gasteiger partial charge in [0.2, 0.25) is 0 Å². The lowest BCUT2D eigenvalue weighted by molar-refractivity contribution is 0.0752. The molecule has 0 saturated heterocycles. The van der Waals surface area contributed by atoms with Gasteiger partial charge in [-0.05, 0) is 19.6 Å². The van der Waals surface area contributed by atoms with Crippen LogP contribution in [-0.4, -0.2) is 46.9 Å². The molecule has 18 heavy (non-hydrogen) atoms. The van der Waals surface area contributed by atoms with Gasteiger partial charge in [-0.2, -0.15) is 11.8 Å². The van der Waals surface area contributed by atoms with Crippen molar-refractivity contribution < 1.29 is 4.79 Å². The molecule has 1 atom stereocenters. The Labute approximate surface area is 117 Å². The lowest BCUT2D eigenvalue weighted by Gasteiger charge is -2.23. The molecule has 0 radical (unpaired) electrons. The maximum absolute atomic E-state index is 12.2. The Kier molecular flexibility index (Phi) is 6.49. The van der Waals surface area contributed by atoms with Gasteiger partial charge < -0.3 is 10.2 Å². The summed E-state index contributed by atoms with van der Waals surface area (Å²) >= 11 is 3.32. The molecule has 0 unspecified atom stereocenters. The van der Waals surface area contributed by atoms with Crippen LogP contribution in [0.5, 0.6) is 0 Å². The summed E-state index contributed by atoms with van der Waals surface area (Å²) in [5, 5.41) is 5.74. The average molecular weight is 287 g/mol. The maximum atomic E-state index is 12.2. The van der Waals surface area contributed by atoms with Crippen LogP contribution >= 0.6 is 23.1 Å². The highest BCUT2D eigenvalue weighted by molar-refractivity contribution is 7.99. The fourth-order valence-corrected chi connectivity index (χ4v) is 2.94. The molecule has 102 valence electrons. The van der Waals surface area contributed by atoms with Gasteiger partial charge >= 0.3 is 0 Å². The van der Waals surface area contributed by atoms with Crippen molar-refractivity contribution in [2.24, 2.45) is 0 Å². The predicted octanol–water partition coefficient (Wildman–Crippen LogP) is 2.79. The standard InChI is InChI=1S/C12H21N3OS2/c1-5-13-12-14-10(8-18-12)11(16)15(4)9(3)7-17-6-2/h8-9H,5-7H2,1-4H3,(H,13,14)/t9-/m0/s1. The molecule has 1 aromatic heterocycles. The molecule has 4 nitrogen and oxygen atoms in total. The molecule has 0 fully saturated rings. The van der Waals surface area contributed by atoms with Gasteiger partial charge in [0.15, 0.2) is 5.13 Å². The summed E-state index contributed by atoms with van der Waals surface area (Å²) in [5.74, 6) is 2.04. The molecule has 0 aliphatic heterocycles. The van der Waals surface area contributed by atoms with Gasteiger partial charge in [0.25, 0.3) is 5.91 Å². The number of thioether (sulfide) groups is 1. The van der Waals surface area contributed by atoms with Gasteiger partial charge in [-0.15, -0.1) is 11.3 Å². The smallest absolute Gasteiger partial charge is 0.273 e.